The van der Waals surface area contributed by atoms with Gasteiger partial charge in [-0.05, 0) is 19.3 Å². The molecule has 0 bridgehead atoms. The number of unbranched alkanes of at least 4 members (excludes halogenated alkanes) is 32. The van der Waals surface area contributed by atoms with Gasteiger partial charge in [-0.1, -0.05) is 225 Å². The first kappa shape index (κ1) is 63.8. The van der Waals surface area contributed by atoms with Gasteiger partial charge in [-0.2, -0.15) is 0 Å². The Labute approximate surface area is 418 Å². The fraction of sp³-hybridized carbons (Fsp3) is 0.945. The molecule has 0 aromatic rings. The molecule has 12 unspecified atom stereocenters. The number of amides is 1. The van der Waals surface area contributed by atoms with E-state index in [2.05, 4.69) is 12.2 Å². The number of rotatable bonds is 45. The Morgan fingerprint density at radius 1 is 0.507 bits per heavy atom. The Hall–Kier alpha value is -1.27. The topological polar surface area (TPSA) is 228 Å². The molecule has 2 saturated heterocycles. The van der Waals surface area contributed by atoms with Gasteiger partial charge in [-0.25, -0.2) is 0 Å². The number of allylic oxidation sites excluding steroid dienone is 1. The molecule has 69 heavy (non-hydrogen) atoms. The second-order valence-electron chi connectivity index (χ2n) is 20.4. The summed E-state index contributed by atoms with van der Waals surface area (Å²) in [6.07, 6.45) is 31.2. The third-order valence-electron chi connectivity index (χ3n) is 14.2. The fourth-order valence-electron chi connectivity index (χ4n) is 9.59. The first-order valence-electron chi connectivity index (χ1n) is 28.4. The lowest BCUT2D eigenvalue weighted by atomic mass is 9.97. The molecule has 0 spiro atoms. The minimum Gasteiger partial charge on any atom is -0.394 e. The molecule has 408 valence electrons. The second kappa shape index (κ2) is 42.1. The van der Waals surface area contributed by atoms with Crippen LogP contribution < -0.4 is 5.32 Å². The van der Waals surface area contributed by atoms with Gasteiger partial charge in [0.05, 0.1) is 32.0 Å². The minimum absolute atomic E-state index is 0.262. The lowest BCUT2D eigenvalue weighted by molar-refractivity contribution is -0.359. The van der Waals surface area contributed by atoms with Crippen LogP contribution in [0.25, 0.3) is 0 Å². The number of hydrogen-bond acceptors (Lipinski definition) is 13. The fourth-order valence-corrected chi connectivity index (χ4v) is 9.59. The highest BCUT2D eigenvalue weighted by molar-refractivity contribution is 5.76. The average molecular weight is 988 g/mol. The Bertz CT molecular complexity index is 1210. The molecule has 2 aliphatic heterocycles. The number of carbonyl (C=O) groups excluding carboxylic acids is 1. The van der Waals surface area contributed by atoms with E-state index < -0.39 is 86.8 Å². The summed E-state index contributed by atoms with van der Waals surface area (Å²) in [7, 11) is 0. The van der Waals surface area contributed by atoms with Gasteiger partial charge >= 0.3 is 0 Å². The normalized spacial score (nSPS) is 26.2. The minimum atomic E-state index is -1.78. The zero-order chi connectivity index (χ0) is 50.3. The molecule has 14 nitrogen and oxygen atoms in total. The Morgan fingerprint density at radius 2 is 0.899 bits per heavy atom. The molecule has 2 fully saturated rings. The standard InChI is InChI=1S/C55H105NO13/c1-3-5-7-8-9-10-11-12-13-14-15-16-17-18-19-20-21-22-23-24-25-26-27-28-29-30-31-32-33-34-35-37-38-44(59)43(56-47(60)39-36-6-4-2)42-66-54-52(65)50(63)53(46(41-58)68-54)69-55-51(64)49(62)48(61)45(40-57)67-55/h37-38,43-46,48-55,57-59,61-65H,3-36,39-42H2,1-2H3,(H,56,60)/b38-37+. The summed E-state index contributed by atoms with van der Waals surface area (Å²) in [5.41, 5.74) is 0. The number of ether oxygens (including phenoxy) is 4. The Balaban J connectivity index is 1.54. The van der Waals surface area contributed by atoms with E-state index in [1.54, 1.807) is 6.08 Å². The summed E-state index contributed by atoms with van der Waals surface area (Å²) in [6.45, 7) is 2.62. The number of carbonyl (C=O) groups is 1. The molecule has 12 atom stereocenters. The van der Waals surface area contributed by atoms with E-state index in [0.29, 0.717) is 6.42 Å². The number of aliphatic hydroxyl groups is 8. The smallest absolute Gasteiger partial charge is 0.220 e. The van der Waals surface area contributed by atoms with Crippen LogP contribution in [-0.2, 0) is 23.7 Å². The van der Waals surface area contributed by atoms with Gasteiger partial charge in [0.15, 0.2) is 12.6 Å². The lowest BCUT2D eigenvalue weighted by Gasteiger charge is -2.46. The van der Waals surface area contributed by atoms with Crippen LogP contribution in [0.1, 0.15) is 239 Å². The highest BCUT2D eigenvalue weighted by Gasteiger charge is 2.51. The van der Waals surface area contributed by atoms with Crippen molar-refractivity contribution in [3.63, 3.8) is 0 Å². The number of aliphatic hydroxyl groups excluding tert-OH is 8. The SMILES string of the molecule is CCCCCCCCCCCCCCCCCCCCCCCCCCCCCCCC/C=C/C(O)C(COC1OC(CO)C(OC2OC(CO)C(O)C(O)C2O)C(O)C1O)NC(=O)CCCCC. The summed E-state index contributed by atoms with van der Waals surface area (Å²) < 4.78 is 22.5. The number of nitrogens with one attached hydrogen (secondary N) is 1. The molecule has 2 aliphatic rings. The quantitative estimate of drug-likeness (QED) is 0.0206. The molecule has 14 heteroatoms. The van der Waals surface area contributed by atoms with Crippen molar-refractivity contribution in [2.75, 3.05) is 19.8 Å². The monoisotopic (exact) mass is 988 g/mol. The lowest BCUT2D eigenvalue weighted by Crippen LogP contribution is -2.65. The van der Waals surface area contributed by atoms with E-state index >= 15 is 0 Å². The van der Waals surface area contributed by atoms with E-state index in [4.69, 9.17) is 18.9 Å². The third-order valence-corrected chi connectivity index (χ3v) is 14.2. The molecule has 1 amide bonds. The zero-order valence-electron chi connectivity index (χ0n) is 43.6. The molecule has 0 aliphatic carbocycles. The van der Waals surface area contributed by atoms with Crippen LogP contribution in [0.3, 0.4) is 0 Å². The van der Waals surface area contributed by atoms with Crippen molar-refractivity contribution in [2.45, 2.75) is 312 Å². The van der Waals surface area contributed by atoms with Gasteiger partial charge in [-0.15, -0.1) is 0 Å². The number of hydrogen-bond donors (Lipinski definition) is 9. The zero-order valence-corrected chi connectivity index (χ0v) is 43.6. The van der Waals surface area contributed by atoms with Crippen molar-refractivity contribution in [3.8, 4) is 0 Å². The van der Waals surface area contributed by atoms with Crippen LogP contribution in [0.15, 0.2) is 12.2 Å². The molecule has 0 radical (unpaired) electrons. The van der Waals surface area contributed by atoms with Crippen LogP contribution in [-0.4, -0.2) is 140 Å². The van der Waals surface area contributed by atoms with Crippen molar-refractivity contribution in [2.24, 2.45) is 0 Å². The molecule has 0 aromatic heterocycles. The van der Waals surface area contributed by atoms with E-state index in [0.717, 1.165) is 32.1 Å². The van der Waals surface area contributed by atoms with Crippen molar-refractivity contribution in [1.82, 2.24) is 5.32 Å². The molecule has 2 rings (SSSR count). The van der Waals surface area contributed by atoms with Crippen LogP contribution >= 0.6 is 0 Å². The summed E-state index contributed by atoms with van der Waals surface area (Å²) in [4.78, 5) is 12.8. The van der Waals surface area contributed by atoms with Crippen molar-refractivity contribution in [1.29, 1.82) is 0 Å². The Morgan fingerprint density at radius 3 is 1.33 bits per heavy atom. The van der Waals surface area contributed by atoms with Gasteiger partial charge in [0.1, 0.15) is 48.8 Å². The molecular weight excluding hydrogens is 883 g/mol. The van der Waals surface area contributed by atoms with Crippen molar-refractivity contribution < 1.29 is 64.6 Å². The van der Waals surface area contributed by atoms with Gasteiger partial charge in [-0.3, -0.25) is 4.79 Å². The first-order valence-corrected chi connectivity index (χ1v) is 28.4. The highest BCUT2D eigenvalue weighted by Crippen LogP contribution is 2.30. The molecule has 2 heterocycles. The van der Waals surface area contributed by atoms with Crippen LogP contribution in [0.2, 0.25) is 0 Å². The predicted molar refractivity (Wildman–Crippen MR) is 272 cm³/mol. The van der Waals surface area contributed by atoms with Crippen LogP contribution in [0.4, 0.5) is 0 Å². The summed E-state index contributed by atoms with van der Waals surface area (Å²) in [6, 6.07) is -0.905. The molecular formula is C55H105NO13. The van der Waals surface area contributed by atoms with Crippen LogP contribution in [0, 0.1) is 0 Å². The van der Waals surface area contributed by atoms with E-state index in [1.165, 1.54) is 180 Å². The van der Waals surface area contributed by atoms with Crippen molar-refractivity contribution >= 4 is 5.91 Å². The maximum atomic E-state index is 12.8. The maximum absolute atomic E-state index is 12.8. The molecule has 0 aromatic carbocycles. The third kappa shape index (κ3) is 28.7. The molecule has 0 saturated carbocycles. The first-order chi connectivity index (χ1) is 33.6. The second-order valence-corrected chi connectivity index (χ2v) is 20.4. The maximum Gasteiger partial charge on any atom is 0.220 e. The van der Waals surface area contributed by atoms with E-state index in [-0.39, 0.29) is 18.9 Å². The largest absolute Gasteiger partial charge is 0.394 e. The van der Waals surface area contributed by atoms with Gasteiger partial charge in [0.2, 0.25) is 5.91 Å². The van der Waals surface area contributed by atoms with Gasteiger partial charge < -0.3 is 65.1 Å². The highest BCUT2D eigenvalue weighted by atomic mass is 16.7. The van der Waals surface area contributed by atoms with Gasteiger partial charge in [0, 0.05) is 6.42 Å². The van der Waals surface area contributed by atoms with E-state index in [1.807, 2.05) is 13.0 Å². The Kier molecular flexibility index (Phi) is 39.0. The van der Waals surface area contributed by atoms with Crippen molar-refractivity contribution in [3.05, 3.63) is 12.2 Å². The summed E-state index contributed by atoms with van der Waals surface area (Å²) in [5.74, 6) is -0.262. The van der Waals surface area contributed by atoms with Gasteiger partial charge in [0.25, 0.3) is 0 Å². The van der Waals surface area contributed by atoms with E-state index in [9.17, 15) is 45.6 Å². The predicted octanol–water partition coefficient (Wildman–Crippen LogP) is 8.72. The molecule has 9 N–H and O–H groups in total. The van der Waals surface area contributed by atoms with Crippen LogP contribution in [0.5, 0.6) is 0 Å². The average Bonchev–Trinajstić information content (AvgIpc) is 3.35. The summed E-state index contributed by atoms with van der Waals surface area (Å²) >= 11 is 0. The summed E-state index contributed by atoms with van der Waals surface area (Å²) in [5, 5.41) is 86.2.